The average molecular weight is 664 g/mol. The fourth-order valence-electron chi connectivity index (χ4n) is 5.37. The largest absolute Gasteiger partial charge is 0.361 e. The van der Waals surface area contributed by atoms with Gasteiger partial charge in [-0.05, 0) is 78.6 Å². The highest BCUT2D eigenvalue weighted by atomic mass is 16.6. The van der Waals surface area contributed by atoms with E-state index in [1.807, 2.05) is 66.9 Å². The van der Waals surface area contributed by atoms with Crippen molar-refractivity contribution in [2.75, 3.05) is 13.1 Å². The molecule has 254 valence electrons. The van der Waals surface area contributed by atoms with Crippen molar-refractivity contribution in [2.45, 2.75) is 39.0 Å². The summed E-state index contributed by atoms with van der Waals surface area (Å²) in [6, 6.07) is 32.1. The molecule has 0 bridgehead atoms. The summed E-state index contributed by atoms with van der Waals surface area (Å²) < 4.78 is 0. The van der Waals surface area contributed by atoms with Gasteiger partial charge in [0.05, 0.1) is 11.5 Å². The summed E-state index contributed by atoms with van der Waals surface area (Å²) in [4.78, 5) is 50.2. The number of hydroxylamine groups is 1. The normalized spacial score (nSPS) is 11.1. The molecule has 11 nitrogen and oxygen atoms in total. The van der Waals surface area contributed by atoms with E-state index in [1.54, 1.807) is 17.6 Å². The number of carbonyl (C=O) groups excluding carboxylic acids is 3. The lowest BCUT2D eigenvalue weighted by atomic mass is 9.94. The first-order chi connectivity index (χ1) is 23.7. The van der Waals surface area contributed by atoms with Crippen molar-refractivity contribution in [3.05, 3.63) is 136 Å². The van der Waals surface area contributed by atoms with Gasteiger partial charge in [0.2, 0.25) is 17.7 Å². The molecule has 1 atom stereocenters. The maximum absolute atomic E-state index is 12.7. The summed E-state index contributed by atoms with van der Waals surface area (Å²) in [6.07, 6.45) is 4.16. The lowest BCUT2D eigenvalue weighted by Crippen LogP contribution is -2.41. The van der Waals surface area contributed by atoms with Crippen LogP contribution in [0.1, 0.15) is 36.0 Å². The maximum atomic E-state index is 12.7. The number of non-ortho nitro benzene ring substituents is 1. The zero-order valence-corrected chi connectivity index (χ0v) is 27.4. The van der Waals surface area contributed by atoms with E-state index in [0.717, 1.165) is 22.3 Å². The Kier molecular flexibility index (Phi) is 13.6. The van der Waals surface area contributed by atoms with Gasteiger partial charge in [-0.25, -0.2) is 5.48 Å². The number of para-hydroxylation sites is 1. The summed E-state index contributed by atoms with van der Waals surface area (Å²) in [7, 11) is 0. The predicted molar refractivity (Wildman–Crippen MR) is 189 cm³/mol. The minimum Gasteiger partial charge on any atom is -0.361 e. The molecule has 3 amide bonds. The van der Waals surface area contributed by atoms with E-state index >= 15 is 0 Å². The highest BCUT2D eigenvalue weighted by molar-refractivity contribution is 5.88. The molecule has 5 aromatic rings. The van der Waals surface area contributed by atoms with Gasteiger partial charge in [0.15, 0.2) is 0 Å². The Morgan fingerprint density at radius 1 is 0.796 bits per heavy atom. The van der Waals surface area contributed by atoms with E-state index in [1.165, 1.54) is 28.6 Å². The Bertz CT molecular complexity index is 1820. The lowest BCUT2D eigenvalue weighted by Gasteiger charge is -2.16. The minimum absolute atomic E-state index is 0.0347. The zero-order chi connectivity index (χ0) is 35.0. The molecular formula is C38H41N5O6. The first-order valence-corrected chi connectivity index (χ1v) is 16.1. The van der Waals surface area contributed by atoms with Crippen molar-refractivity contribution in [1.29, 1.82) is 0 Å². The predicted octanol–water partition coefficient (Wildman–Crippen LogP) is 6.05. The smallest absolute Gasteiger partial charge is 0.269 e. The van der Waals surface area contributed by atoms with Gasteiger partial charge < -0.3 is 15.6 Å². The van der Waals surface area contributed by atoms with Gasteiger partial charge in [0.1, 0.15) is 0 Å². The number of aryl methyl sites for hydroxylation is 2. The van der Waals surface area contributed by atoms with Crippen LogP contribution in [0.2, 0.25) is 0 Å². The Morgan fingerprint density at radius 2 is 1.43 bits per heavy atom. The van der Waals surface area contributed by atoms with Crippen LogP contribution in [0, 0.1) is 23.0 Å². The fraction of sp³-hybridized carbons (Fsp3) is 0.237. The topological polar surface area (TPSA) is 166 Å². The molecule has 4 aromatic carbocycles. The van der Waals surface area contributed by atoms with Gasteiger partial charge in [0.25, 0.3) is 5.69 Å². The molecule has 0 saturated heterocycles. The minimum atomic E-state index is -0.700. The van der Waals surface area contributed by atoms with Crippen LogP contribution in [0.3, 0.4) is 0 Å². The van der Waals surface area contributed by atoms with Gasteiger partial charge in [-0.2, -0.15) is 0 Å². The number of nitro benzene ring substituents is 1. The van der Waals surface area contributed by atoms with Crippen molar-refractivity contribution in [3.63, 3.8) is 0 Å². The Balaban J connectivity index is 0.000000456. The second kappa shape index (κ2) is 18.5. The molecule has 1 unspecified atom stereocenters. The van der Waals surface area contributed by atoms with E-state index in [9.17, 15) is 24.5 Å². The third kappa shape index (κ3) is 11.4. The summed E-state index contributed by atoms with van der Waals surface area (Å²) in [5, 5.41) is 26.4. The van der Waals surface area contributed by atoms with E-state index in [2.05, 4.69) is 40.7 Å². The molecule has 0 fully saturated rings. The van der Waals surface area contributed by atoms with Crippen molar-refractivity contribution < 1.29 is 24.5 Å². The first-order valence-electron chi connectivity index (χ1n) is 16.1. The van der Waals surface area contributed by atoms with Gasteiger partial charge in [0, 0.05) is 48.1 Å². The van der Waals surface area contributed by atoms with E-state index in [-0.39, 0.29) is 24.6 Å². The first kappa shape index (κ1) is 36.0. The van der Waals surface area contributed by atoms with Crippen molar-refractivity contribution >= 4 is 34.3 Å². The number of nitrogens with zero attached hydrogens (tertiary/aromatic N) is 1. The van der Waals surface area contributed by atoms with Crippen LogP contribution in [0.5, 0.6) is 0 Å². The number of aromatic nitrogens is 1. The Hall–Kier alpha value is -5.81. The zero-order valence-electron chi connectivity index (χ0n) is 27.4. The van der Waals surface area contributed by atoms with E-state index in [4.69, 9.17) is 5.21 Å². The summed E-state index contributed by atoms with van der Waals surface area (Å²) in [6.45, 7) is 2.35. The second-order valence-electron chi connectivity index (χ2n) is 11.6. The summed E-state index contributed by atoms with van der Waals surface area (Å²) in [5.74, 6) is -2.12. The Morgan fingerprint density at radius 3 is 2.08 bits per heavy atom. The molecule has 0 aliphatic heterocycles. The van der Waals surface area contributed by atoms with Crippen LogP contribution in [0.25, 0.3) is 22.0 Å². The molecule has 5 N–H and O–H groups in total. The average Bonchev–Trinajstić information content (AvgIpc) is 3.51. The molecule has 0 spiro atoms. The van der Waals surface area contributed by atoms with E-state index in [0.29, 0.717) is 32.2 Å². The third-order valence-corrected chi connectivity index (χ3v) is 8.11. The molecule has 11 heteroatoms. The Labute approximate surface area is 284 Å². The van der Waals surface area contributed by atoms with Gasteiger partial charge in [-0.1, -0.05) is 72.8 Å². The standard InChI is InChI=1S/C29H32N4O6.C9H9N/c34-27(32-37)19-25(29(36)31-20-28(35)30-18-17-21-5-2-1-3-6-21)8-4-7-22-9-11-23(12-10-22)24-13-15-26(16-14-24)33(38)39;1-7-6-10-9-5-3-2-4-8(7)9/h1-3,5-6,9-16,25,37H,4,7-8,17-20H2,(H,30,35)(H,31,36)(H,32,34);2-6,10H,1H3. The van der Waals surface area contributed by atoms with Crippen LogP contribution >= 0.6 is 0 Å². The maximum Gasteiger partial charge on any atom is 0.269 e. The second-order valence-corrected chi connectivity index (χ2v) is 11.6. The molecule has 0 aliphatic carbocycles. The number of hydrogen-bond acceptors (Lipinski definition) is 6. The number of nitrogens with one attached hydrogen (secondary N) is 4. The quantitative estimate of drug-likeness (QED) is 0.0551. The van der Waals surface area contributed by atoms with Crippen LogP contribution in [0.15, 0.2) is 109 Å². The highest BCUT2D eigenvalue weighted by Crippen LogP contribution is 2.24. The number of aromatic amines is 1. The third-order valence-electron chi connectivity index (χ3n) is 8.11. The monoisotopic (exact) mass is 663 g/mol. The molecule has 5 rings (SSSR count). The van der Waals surface area contributed by atoms with Crippen LogP contribution in [0.4, 0.5) is 5.69 Å². The molecule has 0 aliphatic rings. The molecule has 1 aromatic heterocycles. The number of H-pyrrole nitrogens is 1. The number of rotatable bonds is 14. The van der Waals surface area contributed by atoms with Crippen LogP contribution in [-0.4, -0.2) is 45.9 Å². The molecule has 1 heterocycles. The van der Waals surface area contributed by atoms with Crippen molar-refractivity contribution in [3.8, 4) is 11.1 Å². The van der Waals surface area contributed by atoms with Gasteiger partial charge >= 0.3 is 0 Å². The number of carbonyl (C=O) groups is 3. The molecule has 49 heavy (non-hydrogen) atoms. The van der Waals surface area contributed by atoms with Gasteiger partial charge in [-0.3, -0.25) is 29.7 Å². The molecule has 0 radical (unpaired) electrons. The van der Waals surface area contributed by atoms with E-state index < -0.39 is 22.7 Å². The van der Waals surface area contributed by atoms with Crippen LogP contribution < -0.4 is 16.1 Å². The molecule has 0 saturated carbocycles. The number of fused-ring (bicyclic) bond motifs is 1. The summed E-state index contributed by atoms with van der Waals surface area (Å²) in [5.41, 5.74) is 8.05. The SMILES string of the molecule is Cc1c[nH]c2ccccc12.O=C(CC(CCCc1ccc(-c2ccc([N+](=O)[O-])cc2)cc1)C(=O)NCC(=O)NCCc1ccccc1)NO. The highest BCUT2D eigenvalue weighted by Gasteiger charge is 2.22. The number of nitro groups is 1. The fourth-order valence-corrected chi connectivity index (χ4v) is 5.37. The van der Waals surface area contributed by atoms with Gasteiger partial charge in [-0.15, -0.1) is 0 Å². The van der Waals surface area contributed by atoms with Crippen molar-refractivity contribution in [1.82, 2.24) is 21.1 Å². The number of benzene rings is 4. The lowest BCUT2D eigenvalue weighted by molar-refractivity contribution is -0.384. The molecular weight excluding hydrogens is 622 g/mol. The summed E-state index contributed by atoms with van der Waals surface area (Å²) >= 11 is 0. The number of hydrogen-bond donors (Lipinski definition) is 5. The number of amides is 3. The van der Waals surface area contributed by atoms with Crippen LogP contribution in [-0.2, 0) is 27.2 Å². The van der Waals surface area contributed by atoms with Crippen molar-refractivity contribution in [2.24, 2.45) is 5.92 Å².